The normalized spacial score (nSPS) is 23.2. The highest BCUT2D eigenvalue weighted by Crippen LogP contribution is 2.28. The van der Waals surface area contributed by atoms with E-state index in [1.54, 1.807) is 0 Å². The third-order valence-corrected chi connectivity index (χ3v) is 6.57. The summed E-state index contributed by atoms with van der Waals surface area (Å²) < 4.78 is 5.10. The Kier molecular flexibility index (Phi) is 8.90. The highest BCUT2D eigenvalue weighted by atomic mass is 16.6. The Bertz CT molecular complexity index is 766. The Hall–Kier alpha value is -2.61. The SMILES string of the molecule is NC(=O)OC(CC1CCCCC1)C(=O)NC(CO)CC1CC(Cc2ccccc2)NC1=O. The quantitative estimate of drug-likeness (QED) is 0.438. The van der Waals surface area contributed by atoms with Gasteiger partial charge in [0.05, 0.1) is 12.6 Å². The molecule has 2 fully saturated rings. The molecular formula is C24H35N3O5. The van der Waals surface area contributed by atoms with Gasteiger partial charge in [0.1, 0.15) is 0 Å². The fourth-order valence-corrected chi connectivity index (χ4v) is 4.96. The van der Waals surface area contributed by atoms with Crippen LogP contribution in [0.25, 0.3) is 0 Å². The first-order valence-corrected chi connectivity index (χ1v) is 11.7. The van der Waals surface area contributed by atoms with Gasteiger partial charge in [0.15, 0.2) is 6.10 Å². The van der Waals surface area contributed by atoms with Crippen LogP contribution in [0.15, 0.2) is 30.3 Å². The van der Waals surface area contributed by atoms with E-state index in [-0.39, 0.29) is 24.5 Å². The van der Waals surface area contributed by atoms with Gasteiger partial charge >= 0.3 is 6.09 Å². The number of carbonyl (C=O) groups excluding carboxylic acids is 3. The predicted molar refractivity (Wildman–Crippen MR) is 119 cm³/mol. The summed E-state index contributed by atoms with van der Waals surface area (Å²) in [6.07, 6.45) is 5.58. The second-order valence-corrected chi connectivity index (χ2v) is 9.12. The van der Waals surface area contributed by atoms with E-state index in [1.165, 1.54) is 6.42 Å². The van der Waals surface area contributed by atoms with Crippen molar-refractivity contribution >= 4 is 17.9 Å². The number of amides is 3. The van der Waals surface area contributed by atoms with E-state index in [1.807, 2.05) is 30.3 Å². The minimum absolute atomic E-state index is 0.0298. The van der Waals surface area contributed by atoms with Gasteiger partial charge in [0.25, 0.3) is 5.91 Å². The maximum absolute atomic E-state index is 12.8. The molecule has 5 N–H and O–H groups in total. The van der Waals surface area contributed by atoms with E-state index in [0.717, 1.165) is 37.7 Å². The number of aliphatic hydroxyl groups excluding tert-OH is 1. The highest BCUT2D eigenvalue weighted by Gasteiger charge is 2.35. The Morgan fingerprint density at radius 3 is 2.53 bits per heavy atom. The molecule has 3 amide bonds. The molecule has 1 aromatic carbocycles. The summed E-state index contributed by atoms with van der Waals surface area (Å²) in [7, 11) is 0. The van der Waals surface area contributed by atoms with E-state index in [2.05, 4.69) is 10.6 Å². The first kappa shape index (κ1) is 24.0. The van der Waals surface area contributed by atoms with Crippen LogP contribution >= 0.6 is 0 Å². The molecular weight excluding hydrogens is 410 g/mol. The van der Waals surface area contributed by atoms with Gasteiger partial charge in [-0.25, -0.2) is 4.79 Å². The fourth-order valence-electron chi connectivity index (χ4n) is 4.96. The van der Waals surface area contributed by atoms with Crippen molar-refractivity contribution < 1.29 is 24.2 Å². The van der Waals surface area contributed by atoms with Gasteiger partial charge in [0, 0.05) is 12.0 Å². The molecule has 0 bridgehead atoms. The summed E-state index contributed by atoms with van der Waals surface area (Å²) in [5.41, 5.74) is 6.34. The molecule has 8 nitrogen and oxygen atoms in total. The lowest BCUT2D eigenvalue weighted by Crippen LogP contribution is -2.47. The molecule has 3 rings (SSSR count). The number of nitrogens with one attached hydrogen (secondary N) is 2. The monoisotopic (exact) mass is 445 g/mol. The molecule has 4 atom stereocenters. The van der Waals surface area contributed by atoms with Crippen LogP contribution in [-0.4, -0.2) is 47.8 Å². The van der Waals surface area contributed by atoms with Crippen LogP contribution in [0.1, 0.15) is 56.9 Å². The lowest BCUT2D eigenvalue weighted by atomic mass is 9.85. The van der Waals surface area contributed by atoms with Gasteiger partial charge in [-0.05, 0) is 37.2 Å². The maximum Gasteiger partial charge on any atom is 0.405 e. The Morgan fingerprint density at radius 1 is 1.16 bits per heavy atom. The van der Waals surface area contributed by atoms with Gasteiger partial charge in [-0.2, -0.15) is 0 Å². The molecule has 0 spiro atoms. The molecule has 176 valence electrons. The molecule has 0 radical (unpaired) electrons. The second kappa shape index (κ2) is 11.9. The van der Waals surface area contributed by atoms with Crippen molar-refractivity contribution in [3.63, 3.8) is 0 Å². The van der Waals surface area contributed by atoms with Crippen molar-refractivity contribution in [2.45, 2.75) is 76.0 Å². The number of hydrogen-bond donors (Lipinski definition) is 4. The summed E-state index contributed by atoms with van der Waals surface area (Å²) >= 11 is 0. The number of nitrogens with two attached hydrogens (primary N) is 1. The van der Waals surface area contributed by atoms with Crippen LogP contribution in [0.2, 0.25) is 0 Å². The van der Waals surface area contributed by atoms with Crippen LogP contribution in [-0.2, 0) is 20.7 Å². The highest BCUT2D eigenvalue weighted by molar-refractivity contribution is 5.84. The zero-order valence-corrected chi connectivity index (χ0v) is 18.5. The minimum atomic E-state index is -0.986. The number of ether oxygens (including phenoxy) is 1. The number of primary amides is 1. The van der Waals surface area contributed by atoms with Gasteiger partial charge < -0.3 is 26.2 Å². The van der Waals surface area contributed by atoms with Crippen molar-refractivity contribution in [2.75, 3.05) is 6.61 Å². The molecule has 32 heavy (non-hydrogen) atoms. The Morgan fingerprint density at radius 2 is 1.88 bits per heavy atom. The Labute approximate surface area is 189 Å². The molecule has 0 aromatic heterocycles. The molecule has 1 saturated carbocycles. The summed E-state index contributed by atoms with van der Waals surface area (Å²) in [6, 6.07) is 9.39. The zero-order chi connectivity index (χ0) is 22.9. The van der Waals surface area contributed by atoms with Crippen molar-refractivity contribution in [1.82, 2.24) is 10.6 Å². The molecule has 4 unspecified atom stereocenters. The number of benzene rings is 1. The van der Waals surface area contributed by atoms with E-state index in [0.29, 0.717) is 25.2 Å². The van der Waals surface area contributed by atoms with Crippen LogP contribution < -0.4 is 16.4 Å². The zero-order valence-electron chi connectivity index (χ0n) is 18.5. The largest absolute Gasteiger partial charge is 0.436 e. The number of aliphatic hydroxyl groups is 1. The average Bonchev–Trinajstić information content (AvgIpc) is 3.12. The van der Waals surface area contributed by atoms with E-state index >= 15 is 0 Å². The Balaban J connectivity index is 1.53. The summed E-state index contributed by atoms with van der Waals surface area (Å²) in [5.74, 6) is -0.515. The number of hydrogen-bond acceptors (Lipinski definition) is 5. The summed E-state index contributed by atoms with van der Waals surface area (Å²) in [4.78, 5) is 36.6. The van der Waals surface area contributed by atoms with Crippen molar-refractivity contribution in [1.29, 1.82) is 0 Å². The number of rotatable bonds is 10. The minimum Gasteiger partial charge on any atom is -0.436 e. The molecule has 1 heterocycles. The first-order valence-electron chi connectivity index (χ1n) is 11.7. The molecule has 1 saturated heterocycles. The third kappa shape index (κ3) is 7.22. The molecule has 1 aliphatic carbocycles. The summed E-state index contributed by atoms with van der Waals surface area (Å²) in [6.45, 7) is -0.300. The van der Waals surface area contributed by atoms with E-state index in [9.17, 15) is 19.5 Å². The van der Waals surface area contributed by atoms with Gasteiger partial charge in [-0.15, -0.1) is 0 Å². The lowest BCUT2D eigenvalue weighted by molar-refractivity contribution is -0.132. The van der Waals surface area contributed by atoms with Crippen molar-refractivity contribution in [3.05, 3.63) is 35.9 Å². The maximum atomic E-state index is 12.8. The standard InChI is InChI=1S/C24H35N3O5/c25-24(31)32-21(12-17-9-5-2-6-10-17)23(30)27-20(15-28)14-18-13-19(26-22(18)29)11-16-7-3-1-4-8-16/h1,3-4,7-8,17-21,28H,2,5-6,9-15H2,(H2,25,31)(H,26,29)(H,27,30). The predicted octanol–water partition coefficient (Wildman–Crippen LogP) is 2.04. The third-order valence-electron chi connectivity index (χ3n) is 6.57. The van der Waals surface area contributed by atoms with Gasteiger partial charge in [-0.3, -0.25) is 9.59 Å². The smallest absolute Gasteiger partial charge is 0.405 e. The molecule has 1 aromatic rings. The van der Waals surface area contributed by atoms with E-state index < -0.39 is 24.1 Å². The van der Waals surface area contributed by atoms with Crippen molar-refractivity contribution in [2.24, 2.45) is 17.6 Å². The average molecular weight is 446 g/mol. The summed E-state index contributed by atoms with van der Waals surface area (Å²) in [5, 5.41) is 15.6. The first-order chi connectivity index (χ1) is 15.4. The molecule has 2 aliphatic rings. The van der Waals surface area contributed by atoms with Crippen molar-refractivity contribution in [3.8, 4) is 0 Å². The fraction of sp³-hybridized carbons (Fsp3) is 0.625. The lowest BCUT2D eigenvalue weighted by Gasteiger charge is -2.27. The molecule has 8 heteroatoms. The van der Waals surface area contributed by atoms with Crippen LogP contribution in [0.5, 0.6) is 0 Å². The topological polar surface area (TPSA) is 131 Å². The molecule has 1 aliphatic heterocycles. The second-order valence-electron chi connectivity index (χ2n) is 9.12. The van der Waals surface area contributed by atoms with E-state index in [4.69, 9.17) is 10.5 Å². The van der Waals surface area contributed by atoms with Crippen LogP contribution in [0, 0.1) is 11.8 Å². The van der Waals surface area contributed by atoms with Crippen LogP contribution in [0.4, 0.5) is 4.79 Å². The van der Waals surface area contributed by atoms with Gasteiger partial charge in [-0.1, -0.05) is 62.4 Å². The van der Waals surface area contributed by atoms with Gasteiger partial charge in [0.2, 0.25) is 5.91 Å². The van der Waals surface area contributed by atoms with Crippen LogP contribution in [0.3, 0.4) is 0 Å². The number of carbonyl (C=O) groups is 3.